The van der Waals surface area contributed by atoms with Gasteiger partial charge < -0.3 is 10.3 Å². The van der Waals surface area contributed by atoms with Gasteiger partial charge in [0, 0.05) is 29.8 Å². The Bertz CT molecular complexity index is 821. The Kier molecular flexibility index (Phi) is 8.38. The highest BCUT2D eigenvalue weighted by atomic mass is 32.2. The number of nitrogens with one attached hydrogen (secondary N) is 2. The molecule has 29 heavy (non-hydrogen) atoms. The summed E-state index contributed by atoms with van der Waals surface area (Å²) in [7, 11) is 0. The van der Waals surface area contributed by atoms with Crippen LogP contribution in [0.25, 0.3) is 22.5 Å². The number of H-pyrrole nitrogens is 1. The highest BCUT2D eigenvalue weighted by Gasteiger charge is 2.14. The van der Waals surface area contributed by atoms with Crippen LogP contribution in [0.4, 0.5) is 0 Å². The lowest BCUT2D eigenvalue weighted by atomic mass is 10.1. The summed E-state index contributed by atoms with van der Waals surface area (Å²) in [6.45, 7) is 2.87. The minimum atomic E-state index is 0.166. The average molecular weight is 408 g/mol. The molecule has 0 unspecified atom stereocenters. The van der Waals surface area contributed by atoms with Crippen LogP contribution in [0.2, 0.25) is 0 Å². The largest absolute Gasteiger partial charge is 0.356 e. The molecule has 0 spiro atoms. The zero-order valence-electron chi connectivity index (χ0n) is 17.0. The van der Waals surface area contributed by atoms with E-state index in [1.165, 1.54) is 0 Å². The third kappa shape index (κ3) is 6.50. The summed E-state index contributed by atoms with van der Waals surface area (Å²) in [5.74, 6) is 1.07. The molecule has 1 aromatic heterocycles. The monoisotopic (exact) mass is 407 g/mol. The maximum atomic E-state index is 11.8. The van der Waals surface area contributed by atoms with Crippen LogP contribution >= 0.6 is 11.8 Å². The Balaban J connectivity index is 1.58. The number of aromatic nitrogens is 2. The van der Waals surface area contributed by atoms with E-state index >= 15 is 0 Å². The Morgan fingerprint density at radius 1 is 0.966 bits per heavy atom. The molecule has 0 aliphatic heterocycles. The number of rotatable bonds is 11. The van der Waals surface area contributed by atoms with Gasteiger partial charge in [0.1, 0.15) is 0 Å². The van der Waals surface area contributed by atoms with E-state index in [2.05, 4.69) is 41.5 Å². The average Bonchev–Trinajstić information content (AvgIpc) is 3.19. The highest BCUT2D eigenvalue weighted by molar-refractivity contribution is 7.99. The molecule has 0 fully saturated rings. The fraction of sp³-hybridized carbons (Fsp3) is 0.333. The molecular weight excluding hydrogens is 378 g/mol. The van der Waals surface area contributed by atoms with Crippen LogP contribution in [-0.4, -0.2) is 28.2 Å². The van der Waals surface area contributed by atoms with Crippen LogP contribution in [-0.2, 0) is 4.79 Å². The first-order valence-electron chi connectivity index (χ1n) is 10.4. The second-order valence-electron chi connectivity index (χ2n) is 7.01. The Labute approximate surface area is 177 Å². The van der Waals surface area contributed by atoms with E-state index in [0.717, 1.165) is 65.7 Å². The van der Waals surface area contributed by atoms with E-state index in [-0.39, 0.29) is 5.91 Å². The molecule has 4 nitrogen and oxygen atoms in total. The van der Waals surface area contributed by atoms with E-state index in [4.69, 9.17) is 4.98 Å². The summed E-state index contributed by atoms with van der Waals surface area (Å²) in [5.41, 5.74) is 4.26. The number of carbonyl (C=O) groups is 1. The Hall–Kier alpha value is -2.53. The van der Waals surface area contributed by atoms with E-state index in [0.29, 0.717) is 6.42 Å². The topological polar surface area (TPSA) is 57.8 Å². The Morgan fingerprint density at radius 2 is 1.66 bits per heavy atom. The lowest BCUT2D eigenvalue weighted by Crippen LogP contribution is -2.24. The van der Waals surface area contributed by atoms with Gasteiger partial charge in [-0.1, -0.05) is 92.2 Å². The number of imidazole rings is 1. The van der Waals surface area contributed by atoms with Gasteiger partial charge in [0.15, 0.2) is 5.16 Å². The van der Waals surface area contributed by atoms with Crippen molar-refractivity contribution < 1.29 is 4.79 Å². The van der Waals surface area contributed by atoms with Gasteiger partial charge >= 0.3 is 0 Å². The molecule has 3 aromatic rings. The van der Waals surface area contributed by atoms with Crippen molar-refractivity contribution in [3.05, 3.63) is 60.7 Å². The highest BCUT2D eigenvalue weighted by Crippen LogP contribution is 2.32. The van der Waals surface area contributed by atoms with Gasteiger partial charge in [0.05, 0.1) is 11.4 Å². The molecule has 5 heteroatoms. The van der Waals surface area contributed by atoms with Crippen molar-refractivity contribution in [2.24, 2.45) is 0 Å². The van der Waals surface area contributed by atoms with Crippen molar-refractivity contribution in [1.82, 2.24) is 15.3 Å². The second kappa shape index (κ2) is 11.5. The van der Waals surface area contributed by atoms with Crippen LogP contribution in [0.3, 0.4) is 0 Å². The molecule has 1 amide bonds. The molecule has 0 aliphatic rings. The second-order valence-corrected chi connectivity index (χ2v) is 8.09. The van der Waals surface area contributed by atoms with Crippen LogP contribution < -0.4 is 5.32 Å². The van der Waals surface area contributed by atoms with Crippen molar-refractivity contribution >= 4 is 17.7 Å². The predicted molar refractivity (Wildman–Crippen MR) is 122 cm³/mol. The summed E-state index contributed by atoms with van der Waals surface area (Å²) >= 11 is 1.70. The van der Waals surface area contributed by atoms with Gasteiger partial charge in [-0.3, -0.25) is 4.79 Å². The molecule has 2 aromatic carbocycles. The predicted octanol–water partition coefficient (Wildman–Crippen LogP) is 5.92. The van der Waals surface area contributed by atoms with E-state index < -0.39 is 0 Å². The van der Waals surface area contributed by atoms with Gasteiger partial charge in [0.25, 0.3) is 0 Å². The quantitative estimate of drug-likeness (QED) is 0.306. The minimum absolute atomic E-state index is 0.166. The third-order valence-electron chi connectivity index (χ3n) is 4.68. The molecule has 0 radical (unpaired) electrons. The smallest absolute Gasteiger partial charge is 0.219 e. The normalized spacial score (nSPS) is 10.8. The summed E-state index contributed by atoms with van der Waals surface area (Å²) in [6, 6.07) is 20.6. The fourth-order valence-electron chi connectivity index (χ4n) is 3.13. The van der Waals surface area contributed by atoms with Crippen molar-refractivity contribution in [2.45, 2.75) is 44.2 Å². The molecule has 0 atom stereocenters. The van der Waals surface area contributed by atoms with Crippen LogP contribution in [0.15, 0.2) is 65.8 Å². The van der Waals surface area contributed by atoms with E-state index in [1.807, 2.05) is 36.4 Å². The van der Waals surface area contributed by atoms with Gasteiger partial charge in [-0.15, -0.1) is 0 Å². The zero-order valence-corrected chi connectivity index (χ0v) is 17.8. The van der Waals surface area contributed by atoms with Gasteiger partial charge in [0.2, 0.25) is 5.91 Å². The van der Waals surface area contributed by atoms with Crippen molar-refractivity contribution in [1.29, 1.82) is 0 Å². The number of unbranched alkanes of at least 4 members (excludes halogenated alkanes) is 2. The summed E-state index contributed by atoms with van der Waals surface area (Å²) in [4.78, 5) is 20.1. The number of hydrogen-bond acceptors (Lipinski definition) is 3. The maximum absolute atomic E-state index is 11.8. The molecule has 0 saturated heterocycles. The SMILES string of the molecule is CCCCCC(=O)NCCCSc1nc(-c2ccccc2)c(-c2ccccc2)[nH]1. The van der Waals surface area contributed by atoms with Crippen LogP contribution in [0, 0.1) is 0 Å². The van der Waals surface area contributed by atoms with Crippen molar-refractivity contribution in [2.75, 3.05) is 12.3 Å². The lowest BCUT2D eigenvalue weighted by Gasteiger charge is -2.04. The first-order valence-corrected chi connectivity index (χ1v) is 11.4. The summed E-state index contributed by atoms with van der Waals surface area (Å²) in [6.07, 6.45) is 4.80. The zero-order chi connectivity index (χ0) is 20.3. The molecule has 2 N–H and O–H groups in total. The van der Waals surface area contributed by atoms with E-state index in [1.54, 1.807) is 11.8 Å². The number of aromatic amines is 1. The molecule has 1 heterocycles. The number of benzene rings is 2. The summed E-state index contributed by atoms with van der Waals surface area (Å²) in [5, 5.41) is 3.93. The van der Waals surface area contributed by atoms with Gasteiger partial charge in [-0.2, -0.15) is 0 Å². The van der Waals surface area contributed by atoms with Crippen LogP contribution in [0.1, 0.15) is 39.0 Å². The number of hydrogen-bond donors (Lipinski definition) is 2. The maximum Gasteiger partial charge on any atom is 0.219 e. The molecule has 0 bridgehead atoms. The Morgan fingerprint density at radius 3 is 2.34 bits per heavy atom. The molecule has 0 saturated carbocycles. The van der Waals surface area contributed by atoms with Gasteiger partial charge in [-0.05, 0) is 12.8 Å². The van der Waals surface area contributed by atoms with Crippen LogP contribution in [0.5, 0.6) is 0 Å². The molecule has 152 valence electrons. The van der Waals surface area contributed by atoms with Crippen molar-refractivity contribution in [3.63, 3.8) is 0 Å². The molecular formula is C24H29N3OS. The third-order valence-corrected chi connectivity index (χ3v) is 5.64. The molecule has 3 rings (SSSR count). The molecule has 0 aliphatic carbocycles. The standard InChI is InChI=1S/C24H29N3OS/c1-2-3-6-16-21(28)25-17-11-18-29-24-26-22(19-12-7-4-8-13-19)23(27-24)20-14-9-5-10-15-20/h4-5,7-10,12-15H,2-3,6,11,16-18H2,1H3,(H,25,28)(H,26,27). The van der Waals surface area contributed by atoms with Crippen molar-refractivity contribution in [3.8, 4) is 22.5 Å². The number of nitrogens with zero attached hydrogens (tertiary/aromatic N) is 1. The number of thioether (sulfide) groups is 1. The fourth-order valence-corrected chi connectivity index (χ4v) is 3.94. The number of amides is 1. The summed E-state index contributed by atoms with van der Waals surface area (Å²) < 4.78 is 0. The van der Waals surface area contributed by atoms with Gasteiger partial charge in [-0.25, -0.2) is 4.98 Å². The first-order chi connectivity index (χ1) is 14.3. The number of carbonyl (C=O) groups excluding carboxylic acids is 1. The van der Waals surface area contributed by atoms with E-state index in [9.17, 15) is 4.79 Å². The minimum Gasteiger partial charge on any atom is -0.356 e. The lowest BCUT2D eigenvalue weighted by molar-refractivity contribution is -0.121. The first kappa shape index (κ1) is 21.2.